The van der Waals surface area contributed by atoms with Crippen LogP contribution in [0.3, 0.4) is 0 Å². The van der Waals surface area contributed by atoms with Crippen LogP contribution in [0.5, 0.6) is 5.75 Å². The summed E-state index contributed by atoms with van der Waals surface area (Å²) in [6, 6.07) is 3.50. The van der Waals surface area contributed by atoms with Crippen LogP contribution in [0.1, 0.15) is 0 Å². The normalized spacial score (nSPS) is 14.3. The van der Waals surface area contributed by atoms with Crippen molar-refractivity contribution >= 4 is 12.9 Å². The quantitative estimate of drug-likeness (QED) is 0.407. The number of alkyl halides is 9. The van der Waals surface area contributed by atoms with E-state index in [-0.39, 0.29) is 5.75 Å². The molecule has 0 aliphatic rings. The number of benzene rings is 1. The first-order valence-corrected chi connectivity index (χ1v) is 8.18. The van der Waals surface area contributed by atoms with E-state index < -0.39 is 50.2 Å². The van der Waals surface area contributed by atoms with E-state index in [1.54, 1.807) is 0 Å². The van der Waals surface area contributed by atoms with Crippen LogP contribution in [0.4, 0.5) is 39.5 Å². The maximum Gasteiger partial charge on any atom is 0.435 e. The van der Waals surface area contributed by atoms with Crippen molar-refractivity contribution in [2.45, 2.75) is 24.1 Å². The lowest BCUT2D eigenvalue weighted by Gasteiger charge is -2.37. The number of halogens is 9. The summed E-state index contributed by atoms with van der Waals surface area (Å²) in [5.74, 6) is -0.285. The molecule has 0 saturated heterocycles. The molecule has 1 rings (SSSR count). The SMILES string of the molecule is O=P(O)(O)c1ccc(OCCOC(C(F)(F)F)(C(F)(F)F)C(F)(F)F)cc1. The average molecular weight is 436 g/mol. The lowest BCUT2D eigenvalue weighted by Crippen LogP contribution is -2.68. The molecule has 2 N–H and O–H groups in total. The second-order valence-electron chi connectivity index (χ2n) is 4.91. The van der Waals surface area contributed by atoms with Gasteiger partial charge in [-0.05, 0) is 24.3 Å². The summed E-state index contributed by atoms with van der Waals surface area (Å²) in [5, 5.41) is -0.462. The van der Waals surface area contributed by atoms with Gasteiger partial charge in [0.1, 0.15) is 12.4 Å². The Labute approximate surface area is 144 Å². The molecule has 1 aromatic rings. The minimum atomic E-state index is -6.84. The molecule has 1 aromatic carbocycles. The van der Waals surface area contributed by atoms with Gasteiger partial charge in [0.2, 0.25) is 0 Å². The lowest BCUT2D eigenvalue weighted by atomic mass is 10.0. The van der Waals surface area contributed by atoms with E-state index in [0.29, 0.717) is 0 Å². The zero-order valence-electron chi connectivity index (χ0n) is 12.7. The highest BCUT2D eigenvalue weighted by molar-refractivity contribution is 7.60. The maximum absolute atomic E-state index is 12.6. The summed E-state index contributed by atoms with van der Waals surface area (Å²) in [6.07, 6.45) is -20.5. The van der Waals surface area contributed by atoms with Crippen molar-refractivity contribution in [1.29, 1.82) is 0 Å². The van der Waals surface area contributed by atoms with Crippen LogP contribution in [0.15, 0.2) is 24.3 Å². The van der Waals surface area contributed by atoms with E-state index in [4.69, 9.17) is 9.79 Å². The van der Waals surface area contributed by atoms with Crippen molar-refractivity contribution in [2.24, 2.45) is 0 Å². The molecule has 0 fully saturated rings. The van der Waals surface area contributed by atoms with Crippen LogP contribution < -0.4 is 10.0 Å². The van der Waals surface area contributed by atoms with Gasteiger partial charge >= 0.3 is 31.7 Å². The predicted octanol–water partition coefficient (Wildman–Crippen LogP) is 3.31. The molecule has 5 nitrogen and oxygen atoms in total. The van der Waals surface area contributed by atoms with E-state index in [1.165, 1.54) is 0 Å². The molecule has 0 heterocycles. The number of rotatable bonds is 6. The zero-order valence-corrected chi connectivity index (χ0v) is 13.6. The highest BCUT2D eigenvalue weighted by atomic mass is 31.2. The third-order valence-corrected chi connectivity index (χ3v) is 4.01. The Morgan fingerprint density at radius 2 is 1.19 bits per heavy atom. The van der Waals surface area contributed by atoms with E-state index >= 15 is 0 Å². The van der Waals surface area contributed by atoms with E-state index in [1.807, 2.05) is 0 Å². The molecule has 0 atom stereocenters. The molecule has 0 aromatic heterocycles. The Balaban J connectivity index is 2.88. The van der Waals surface area contributed by atoms with E-state index in [0.717, 1.165) is 24.3 Å². The van der Waals surface area contributed by atoms with Crippen LogP contribution >= 0.6 is 7.60 Å². The third kappa shape index (κ3) is 5.06. The number of hydrogen-bond donors (Lipinski definition) is 2. The Hall–Kier alpha value is -1.50. The molecule has 0 bridgehead atoms. The first kappa shape index (κ1) is 23.5. The fourth-order valence-electron chi connectivity index (χ4n) is 1.82. The molecule has 0 saturated carbocycles. The Morgan fingerprint density at radius 1 is 0.778 bits per heavy atom. The molecule has 0 spiro atoms. The van der Waals surface area contributed by atoms with Crippen molar-refractivity contribution in [3.8, 4) is 5.75 Å². The summed E-state index contributed by atoms with van der Waals surface area (Å²) in [6.45, 7) is -2.88. The second-order valence-corrected chi connectivity index (χ2v) is 6.51. The van der Waals surface area contributed by atoms with Gasteiger partial charge in [-0.3, -0.25) is 4.57 Å². The van der Waals surface area contributed by atoms with Gasteiger partial charge in [0.05, 0.1) is 11.9 Å². The molecular formula is C12H10F9O5P. The Kier molecular flexibility index (Phi) is 6.53. The standard InChI is InChI=1S/C12H10F9O5P/c13-10(14,15)9(11(16,17)18,12(19,20)21)26-6-5-25-7-1-3-8(4-2-7)27(22,23)24/h1-4H,5-6H2,(H2,22,23,24). The number of ether oxygens (including phenoxy) is 2. The molecule has 0 unspecified atom stereocenters. The van der Waals surface area contributed by atoms with E-state index in [9.17, 15) is 44.1 Å². The molecule has 0 aliphatic heterocycles. The van der Waals surface area contributed by atoms with Gasteiger partial charge in [-0.25, -0.2) is 0 Å². The smallest absolute Gasteiger partial charge is 0.435 e. The maximum atomic E-state index is 12.6. The molecule has 156 valence electrons. The summed E-state index contributed by atoms with van der Waals surface area (Å²) < 4.78 is 132. The van der Waals surface area contributed by atoms with Gasteiger partial charge in [-0.15, -0.1) is 0 Å². The number of hydrogen-bond acceptors (Lipinski definition) is 3. The topological polar surface area (TPSA) is 76.0 Å². The van der Waals surface area contributed by atoms with Crippen LogP contribution in [-0.2, 0) is 9.30 Å². The van der Waals surface area contributed by atoms with Gasteiger partial charge in [0.25, 0.3) is 0 Å². The first-order valence-electron chi connectivity index (χ1n) is 6.56. The summed E-state index contributed by atoms with van der Waals surface area (Å²) in [4.78, 5) is 17.7. The third-order valence-electron chi connectivity index (χ3n) is 3.04. The van der Waals surface area contributed by atoms with Gasteiger partial charge in [0.15, 0.2) is 0 Å². The molecule has 0 aliphatic carbocycles. The van der Waals surface area contributed by atoms with Crippen LogP contribution in [0, 0.1) is 0 Å². The van der Waals surface area contributed by atoms with Crippen molar-refractivity contribution in [1.82, 2.24) is 0 Å². The summed E-state index contributed by atoms with van der Waals surface area (Å²) >= 11 is 0. The lowest BCUT2D eigenvalue weighted by molar-refractivity contribution is -0.457. The van der Waals surface area contributed by atoms with Crippen molar-refractivity contribution in [2.75, 3.05) is 13.2 Å². The minimum absolute atomic E-state index is 0.285. The summed E-state index contributed by atoms with van der Waals surface area (Å²) in [7, 11) is -4.60. The molecule has 15 heteroatoms. The van der Waals surface area contributed by atoms with Crippen molar-refractivity contribution < 1.29 is 63.3 Å². The van der Waals surface area contributed by atoms with E-state index in [2.05, 4.69) is 9.47 Å². The molecule has 27 heavy (non-hydrogen) atoms. The summed E-state index contributed by atoms with van der Waals surface area (Å²) in [5.41, 5.74) is -6.39. The molecular weight excluding hydrogens is 426 g/mol. The van der Waals surface area contributed by atoms with Crippen molar-refractivity contribution in [3.05, 3.63) is 24.3 Å². The molecule has 0 amide bonds. The monoisotopic (exact) mass is 436 g/mol. The van der Waals surface area contributed by atoms with Crippen LogP contribution in [0.2, 0.25) is 0 Å². The predicted molar refractivity (Wildman–Crippen MR) is 70.5 cm³/mol. The van der Waals surface area contributed by atoms with Crippen LogP contribution in [-0.4, -0.2) is 47.1 Å². The second kappa shape index (κ2) is 7.49. The Bertz CT molecular complexity index is 638. The largest absolute Gasteiger partial charge is 0.491 e. The van der Waals surface area contributed by atoms with Crippen LogP contribution in [0.25, 0.3) is 0 Å². The highest BCUT2D eigenvalue weighted by Crippen LogP contribution is 2.54. The Morgan fingerprint density at radius 3 is 1.52 bits per heavy atom. The molecule has 0 radical (unpaired) electrons. The fraction of sp³-hybridized carbons (Fsp3) is 0.500. The zero-order chi connectivity index (χ0) is 21.3. The van der Waals surface area contributed by atoms with Gasteiger partial charge in [-0.1, -0.05) is 0 Å². The first-order chi connectivity index (χ1) is 11.9. The van der Waals surface area contributed by atoms with Crippen molar-refractivity contribution in [3.63, 3.8) is 0 Å². The van der Waals surface area contributed by atoms with Gasteiger partial charge < -0.3 is 19.3 Å². The highest BCUT2D eigenvalue weighted by Gasteiger charge is 2.85. The fourth-order valence-corrected chi connectivity index (χ4v) is 2.36. The van der Waals surface area contributed by atoms with Gasteiger partial charge in [-0.2, -0.15) is 39.5 Å². The average Bonchev–Trinajstić information content (AvgIpc) is 2.42. The van der Waals surface area contributed by atoms with Gasteiger partial charge in [0, 0.05) is 0 Å². The minimum Gasteiger partial charge on any atom is -0.491 e.